The lowest BCUT2D eigenvalue weighted by Gasteiger charge is -2.29. The van der Waals surface area contributed by atoms with Gasteiger partial charge in [0.2, 0.25) is 15.9 Å². The fourth-order valence-electron chi connectivity index (χ4n) is 4.07. The van der Waals surface area contributed by atoms with E-state index in [4.69, 9.17) is 0 Å². The number of hydrogen-bond acceptors (Lipinski definition) is 3. The van der Waals surface area contributed by atoms with Gasteiger partial charge in [-0.2, -0.15) is 4.31 Å². The van der Waals surface area contributed by atoms with Gasteiger partial charge in [-0.15, -0.1) is 0 Å². The number of hydrogen-bond donors (Lipinski definition) is 0. The van der Waals surface area contributed by atoms with E-state index < -0.39 is 16.1 Å². The quantitative estimate of drug-likeness (QED) is 0.509. The van der Waals surface area contributed by atoms with Crippen molar-refractivity contribution >= 4 is 37.5 Å². The number of benzene rings is 3. The van der Waals surface area contributed by atoms with Crippen LogP contribution in [0.15, 0.2) is 82.2 Å². The molecule has 1 aliphatic heterocycles. The summed E-state index contributed by atoms with van der Waals surface area (Å²) in [5, 5.41) is 0. The van der Waals surface area contributed by atoms with Crippen LogP contribution in [0.25, 0.3) is 0 Å². The number of carbonyl (C=O) groups excluding carboxylic acids is 1. The fraction of sp³-hybridized carbons (Fsp3) is 0.208. The first-order valence-corrected chi connectivity index (χ1v) is 12.2. The van der Waals surface area contributed by atoms with Crippen molar-refractivity contribution in [3.63, 3.8) is 0 Å². The minimum atomic E-state index is -3.85. The summed E-state index contributed by atoms with van der Waals surface area (Å²) >= 11 is 3.58. The van der Waals surface area contributed by atoms with E-state index in [9.17, 15) is 13.2 Å². The van der Waals surface area contributed by atoms with Gasteiger partial charge < -0.3 is 4.90 Å². The lowest BCUT2D eigenvalue weighted by Crippen LogP contribution is -2.32. The third-order valence-electron chi connectivity index (χ3n) is 5.69. The number of rotatable bonds is 5. The molecule has 4 rings (SSSR count). The molecule has 3 aromatic rings. The van der Waals surface area contributed by atoms with E-state index in [1.165, 1.54) is 11.2 Å². The Bertz CT molecular complexity index is 1230. The highest BCUT2D eigenvalue weighted by molar-refractivity contribution is 9.10. The van der Waals surface area contributed by atoms with E-state index in [2.05, 4.69) is 15.9 Å². The van der Waals surface area contributed by atoms with Gasteiger partial charge in [0.15, 0.2) is 0 Å². The molecule has 1 heterocycles. The predicted molar refractivity (Wildman–Crippen MR) is 126 cm³/mol. The molecule has 0 aromatic heterocycles. The van der Waals surface area contributed by atoms with Gasteiger partial charge in [0.05, 0.1) is 10.9 Å². The third kappa shape index (κ3) is 4.05. The van der Waals surface area contributed by atoms with E-state index in [-0.39, 0.29) is 10.8 Å². The van der Waals surface area contributed by atoms with Crippen LogP contribution in [-0.2, 0) is 21.2 Å². The molecule has 160 valence electrons. The molecule has 0 saturated carbocycles. The number of halogens is 1. The van der Waals surface area contributed by atoms with Crippen molar-refractivity contribution in [2.24, 2.45) is 0 Å². The minimum Gasteiger partial charge on any atom is -0.312 e. The standard InChI is InChI=1S/C24H23BrN2O3S/c1-17(28)27-15-14-18-12-13-20(16-23(18)27)31(29,30)26(2)24(19-8-4-3-5-9-19)21-10-6-7-11-22(21)25/h3-13,16,24H,14-15H2,1-2H3. The average molecular weight is 499 g/mol. The van der Waals surface area contributed by atoms with Gasteiger partial charge in [0.25, 0.3) is 0 Å². The zero-order valence-corrected chi connectivity index (χ0v) is 19.7. The zero-order chi connectivity index (χ0) is 22.2. The Kier molecular flexibility index (Phi) is 6.01. The van der Waals surface area contributed by atoms with E-state index in [1.54, 1.807) is 24.1 Å². The van der Waals surface area contributed by atoms with E-state index in [0.717, 1.165) is 27.6 Å². The molecule has 0 fully saturated rings. The summed E-state index contributed by atoms with van der Waals surface area (Å²) in [6, 6.07) is 21.8. The second-order valence-corrected chi connectivity index (χ2v) is 10.4. The van der Waals surface area contributed by atoms with Crippen molar-refractivity contribution in [3.05, 3.63) is 94.0 Å². The monoisotopic (exact) mass is 498 g/mol. The van der Waals surface area contributed by atoms with Crippen molar-refractivity contribution in [1.82, 2.24) is 4.31 Å². The van der Waals surface area contributed by atoms with E-state index >= 15 is 0 Å². The van der Waals surface area contributed by atoms with E-state index in [1.807, 2.05) is 60.7 Å². The molecule has 1 atom stereocenters. The summed E-state index contributed by atoms with van der Waals surface area (Å²) in [4.78, 5) is 13.8. The highest BCUT2D eigenvalue weighted by atomic mass is 79.9. The molecule has 1 aliphatic rings. The number of amides is 1. The molecule has 1 unspecified atom stereocenters. The van der Waals surface area contributed by atoms with Crippen molar-refractivity contribution < 1.29 is 13.2 Å². The summed E-state index contributed by atoms with van der Waals surface area (Å²) in [6.07, 6.45) is 0.731. The van der Waals surface area contributed by atoms with Gasteiger partial charge in [0, 0.05) is 30.7 Å². The number of nitrogens with zero attached hydrogens (tertiary/aromatic N) is 2. The Labute approximate surface area is 191 Å². The summed E-state index contributed by atoms with van der Waals surface area (Å²) in [6.45, 7) is 2.08. The first-order valence-electron chi connectivity index (χ1n) is 9.99. The smallest absolute Gasteiger partial charge is 0.243 e. The van der Waals surface area contributed by atoms with Crippen molar-refractivity contribution in [1.29, 1.82) is 0 Å². The zero-order valence-electron chi connectivity index (χ0n) is 17.3. The van der Waals surface area contributed by atoms with Crippen LogP contribution in [0, 0.1) is 0 Å². The highest BCUT2D eigenvalue weighted by Gasteiger charge is 2.33. The van der Waals surface area contributed by atoms with Gasteiger partial charge in [-0.25, -0.2) is 8.42 Å². The SMILES string of the molecule is CC(=O)N1CCc2ccc(S(=O)(=O)N(C)C(c3ccccc3)c3ccccc3Br)cc21. The number of anilines is 1. The number of sulfonamides is 1. The van der Waals surface area contributed by atoms with Gasteiger partial charge in [0.1, 0.15) is 0 Å². The molecule has 0 spiro atoms. The molecule has 31 heavy (non-hydrogen) atoms. The first-order chi connectivity index (χ1) is 14.8. The molecule has 5 nitrogen and oxygen atoms in total. The molecule has 0 bridgehead atoms. The van der Waals surface area contributed by atoms with Crippen LogP contribution in [0.3, 0.4) is 0 Å². The van der Waals surface area contributed by atoms with Crippen LogP contribution in [0.5, 0.6) is 0 Å². The Balaban J connectivity index is 1.81. The Morgan fingerprint density at radius 2 is 1.71 bits per heavy atom. The Morgan fingerprint density at radius 3 is 2.39 bits per heavy atom. The number of carbonyl (C=O) groups is 1. The average Bonchev–Trinajstić information content (AvgIpc) is 3.19. The second kappa shape index (κ2) is 8.57. The van der Waals surface area contributed by atoms with Crippen LogP contribution in [0.4, 0.5) is 5.69 Å². The van der Waals surface area contributed by atoms with Crippen LogP contribution in [0.1, 0.15) is 29.7 Å². The molecule has 0 radical (unpaired) electrons. The largest absolute Gasteiger partial charge is 0.312 e. The Hall–Kier alpha value is -2.48. The molecule has 0 aliphatic carbocycles. The molecule has 3 aromatic carbocycles. The normalized spacial score (nSPS) is 14.5. The third-order valence-corrected chi connectivity index (χ3v) is 8.23. The summed E-state index contributed by atoms with van der Waals surface area (Å²) in [7, 11) is -2.25. The van der Waals surface area contributed by atoms with Gasteiger partial charge in [-0.05, 0) is 41.3 Å². The minimum absolute atomic E-state index is 0.0861. The van der Waals surface area contributed by atoms with Crippen LogP contribution in [-0.4, -0.2) is 32.2 Å². The summed E-state index contributed by atoms with van der Waals surface area (Å²) in [5.74, 6) is -0.0861. The number of fused-ring (bicyclic) bond motifs is 1. The first kappa shape index (κ1) is 21.7. The molecule has 0 N–H and O–H groups in total. The lowest BCUT2D eigenvalue weighted by molar-refractivity contribution is -0.116. The molecular formula is C24H23BrN2O3S. The summed E-state index contributed by atoms with van der Waals surface area (Å²) in [5.41, 5.74) is 3.39. The van der Waals surface area contributed by atoms with Crippen molar-refractivity contribution in [2.45, 2.75) is 24.3 Å². The lowest BCUT2D eigenvalue weighted by atomic mass is 9.99. The molecule has 0 saturated heterocycles. The summed E-state index contributed by atoms with van der Waals surface area (Å²) < 4.78 is 29.7. The van der Waals surface area contributed by atoms with Crippen LogP contribution >= 0.6 is 15.9 Å². The van der Waals surface area contributed by atoms with Gasteiger partial charge >= 0.3 is 0 Å². The Morgan fingerprint density at radius 1 is 1.03 bits per heavy atom. The second-order valence-electron chi connectivity index (χ2n) is 7.57. The van der Waals surface area contributed by atoms with Crippen molar-refractivity contribution in [3.8, 4) is 0 Å². The maximum atomic E-state index is 13.7. The maximum absolute atomic E-state index is 13.7. The topological polar surface area (TPSA) is 57.7 Å². The molecular weight excluding hydrogens is 476 g/mol. The maximum Gasteiger partial charge on any atom is 0.243 e. The van der Waals surface area contributed by atoms with Gasteiger partial charge in [-0.3, -0.25) is 4.79 Å². The van der Waals surface area contributed by atoms with Gasteiger partial charge in [-0.1, -0.05) is 70.5 Å². The van der Waals surface area contributed by atoms with Crippen LogP contribution in [0.2, 0.25) is 0 Å². The van der Waals surface area contributed by atoms with Crippen molar-refractivity contribution in [2.75, 3.05) is 18.5 Å². The van der Waals surface area contributed by atoms with E-state index in [0.29, 0.717) is 12.2 Å². The molecule has 7 heteroatoms. The van der Waals surface area contributed by atoms with Crippen LogP contribution < -0.4 is 4.90 Å². The predicted octanol–water partition coefficient (Wildman–Crippen LogP) is 4.77. The fourth-order valence-corrected chi connectivity index (χ4v) is 5.92. The molecule has 1 amide bonds. The highest BCUT2D eigenvalue weighted by Crippen LogP contribution is 2.37.